The van der Waals surface area contributed by atoms with Crippen LogP contribution in [-0.2, 0) is 28.9 Å². The summed E-state index contributed by atoms with van der Waals surface area (Å²) in [6, 6.07) is 17.6. The summed E-state index contributed by atoms with van der Waals surface area (Å²) in [6.45, 7) is 3.75. The van der Waals surface area contributed by atoms with Crippen LogP contribution in [0.2, 0.25) is 0 Å². The van der Waals surface area contributed by atoms with Crippen molar-refractivity contribution in [2.45, 2.75) is 31.5 Å². The van der Waals surface area contributed by atoms with Crippen LogP contribution in [0.1, 0.15) is 18.3 Å². The predicted molar refractivity (Wildman–Crippen MR) is 123 cm³/mol. The van der Waals surface area contributed by atoms with Crippen LogP contribution < -0.4 is 10.1 Å². The molecule has 1 aromatic heterocycles. The maximum atomic E-state index is 12.4. The van der Waals surface area contributed by atoms with Crippen LogP contribution in [0.15, 0.2) is 59.8 Å². The number of methoxy groups -OCH3 is 1. The summed E-state index contributed by atoms with van der Waals surface area (Å²) in [5, 5.41) is 12.3. The number of rotatable bonds is 12. The highest BCUT2D eigenvalue weighted by atomic mass is 32.2. The van der Waals surface area contributed by atoms with E-state index in [1.54, 1.807) is 7.11 Å². The molecule has 0 saturated heterocycles. The summed E-state index contributed by atoms with van der Waals surface area (Å²) in [5.74, 6) is 1.83. The standard InChI is InChI=1S/C23H28N4O3S/c1-3-30-20-12-10-19(11-13-20)24-22(28)17-31-23-26-25-21(27(23)15-16-29-2)14-9-18-7-5-4-6-8-18/h4-8,10-13H,3,9,14-17H2,1-2H3,(H,24,28). The van der Waals surface area contributed by atoms with Gasteiger partial charge in [0, 0.05) is 25.8 Å². The smallest absolute Gasteiger partial charge is 0.234 e. The Morgan fingerprint density at radius 2 is 1.84 bits per heavy atom. The number of carbonyl (C=O) groups is 1. The van der Waals surface area contributed by atoms with Gasteiger partial charge in [-0.1, -0.05) is 42.1 Å². The first-order valence-corrected chi connectivity index (χ1v) is 11.3. The predicted octanol–water partition coefficient (Wildman–Crippen LogP) is 3.84. The minimum Gasteiger partial charge on any atom is -0.494 e. The third kappa shape index (κ3) is 7.11. The molecule has 3 rings (SSSR count). The van der Waals surface area contributed by atoms with Gasteiger partial charge in [0.05, 0.1) is 19.0 Å². The van der Waals surface area contributed by atoms with Crippen molar-refractivity contribution in [2.24, 2.45) is 0 Å². The van der Waals surface area contributed by atoms with Gasteiger partial charge in [-0.3, -0.25) is 4.79 Å². The molecule has 0 aliphatic heterocycles. The van der Waals surface area contributed by atoms with Gasteiger partial charge in [-0.15, -0.1) is 10.2 Å². The minimum atomic E-state index is -0.0960. The summed E-state index contributed by atoms with van der Waals surface area (Å²) in [7, 11) is 1.67. The SMILES string of the molecule is CCOc1ccc(NC(=O)CSc2nnc(CCc3ccccc3)n2CCOC)cc1. The lowest BCUT2D eigenvalue weighted by Gasteiger charge is -2.10. The van der Waals surface area contributed by atoms with Gasteiger partial charge in [0.1, 0.15) is 11.6 Å². The normalized spacial score (nSPS) is 10.8. The lowest BCUT2D eigenvalue weighted by atomic mass is 10.1. The van der Waals surface area contributed by atoms with E-state index in [1.807, 2.05) is 54.0 Å². The number of nitrogens with one attached hydrogen (secondary N) is 1. The van der Waals surface area contributed by atoms with Gasteiger partial charge in [0.15, 0.2) is 5.16 Å². The molecule has 0 radical (unpaired) electrons. The van der Waals surface area contributed by atoms with E-state index in [1.165, 1.54) is 17.3 Å². The van der Waals surface area contributed by atoms with E-state index in [4.69, 9.17) is 9.47 Å². The molecule has 7 nitrogen and oxygen atoms in total. The largest absolute Gasteiger partial charge is 0.494 e. The van der Waals surface area contributed by atoms with E-state index in [-0.39, 0.29) is 11.7 Å². The van der Waals surface area contributed by atoms with Crippen molar-refractivity contribution in [3.05, 3.63) is 66.0 Å². The summed E-state index contributed by atoms with van der Waals surface area (Å²) in [6.07, 6.45) is 1.66. The zero-order valence-corrected chi connectivity index (χ0v) is 18.7. The Morgan fingerprint density at radius 3 is 2.55 bits per heavy atom. The van der Waals surface area contributed by atoms with Gasteiger partial charge in [-0.2, -0.15) is 0 Å². The zero-order valence-electron chi connectivity index (χ0n) is 17.9. The Labute approximate surface area is 187 Å². The number of amides is 1. The molecule has 3 aromatic rings. The number of hydrogen-bond acceptors (Lipinski definition) is 6. The number of hydrogen-bond donors (Lipinski definition) is 1. The molecule has 0 fully saturated rings. The van der Waals surface area contributed by atoms with E-state index >= 15 is 0 Å². The molecule has 1 N–H and O–H groups in total. The number of carbonyl (C=O) groups excluding carboxylic acids is 1. The molecular formula is C23H28N4O3S. The molecule has 0 aliphatic rings. The number of thioether (sulfide) groups is 1. The monoisotopic (exact) mass is 440 g/mol. The molecule has 0 bridgehead atoms. The number of benzene rings is 2. The topological polar surface area (TPSA) is 78.3 Å². The van der Waals surface area contributed by atoms with Crippen LogP contribution in [0.25, 0.3) is 0 Å². The first-order chi connectivity index (χ1) is 15.2. The highest BCUT2D eigenvalue weighted by Crippen LogP contribution is 2.20. The highest BCUT2D eigenvalue weighted by Gasteiger charge is 2.14. The van der Waals surface area contributed by atoms with Crippen molar-refractivity contribution in [3.8, 4) is 5.75 Å². The van der Waals surface area contributed by atoms with Gasteiger partial charge in [0.2, 0.25) is 5.91 Å². The van der Waals surface area contributed by atoms with Gasteiger partial charge < -0.3 is 19.4 Å². The lowest BCUT2D eigenvalue weighted by Crippen LogP contribution is -2.15. The molecule has 0 spiro atoms. The third-order valence-corrected chi connectivity index (χ3v) is 5.54. The molecule has 1 heterocycles. The molecular weight excluding hydrogens is 412 g/mol. The molecule has 0 atom stereocenters. The van der Waals surface area contributed by atoms with Crippen molar-refractivity contribution in [1.82, 2.24) is 14.8 Å². The Hall–Kier alpha value is -2.84. The average Bonchev–Trinajstić information content (AvgIpc) is 3.18. The average molecular weight is 441 g/mol. The Balaban J connectivity index is 1.57. The van der Waals surface area contributed by atoms with E-state index in [2.05, 4.69) is 27.6 Å². The number of aromatic nitrogens is 3. The fourth-order valence-corrected chi connectivity index (χ4v) is 3.83. The molecule has 31 heavy (non-hydrogen) atoms. The fraction of sp³-hybridized carbons (Fsp3) is 0.348. The molecule has 0 unspecified atom stereocenters. The lowest BCUT2D eigenvalue weighted by molar-refractivity contribution is -0.113. The fourth-order valence-electron chi connectivity index (χ4n) is 3.05. The summed E-state index contributed by atoms with van der Waals surface area (Å²) in [4.78, 5) is 12.4. The van der Waals surface area contributed by atoms with Crippen LogP contribution in [0.4, 0.5) is 5.69 Å². The summed E-state index contributed by atoms with van der Waals surface area (Å²) < 4.78 is 12.7. The molecule has 2 aromatic carbocycles. The van der Waals surface area contributed by atoms with Gasteiger partial charge >= 0.3 is 0 Å². The second-order valence-electron chi connectivity index (χ2n) is 6.82. The highest BCUT2D eigenvalue weighted by molar-refractivity contribution is 7.99. The summed E-state index contributed by atoms with van der Waals surface area (Å²) in [5.41, 5.74) is 1.99. The third-order valence-electron chi connectivity index (χ3n) is 4.57. The van der Waals surface area contributed by atoms with Crippen LogP contribution in [-0.4, -0.2) is 46.7 Å². The number of nitrogens with zero attached hydrogens (tertiary/aromatic N) is 3. The van der Waals surface area contributed by atoms with Crippen LogP contribution in [0.5, 0.6) is 5.75 Å². The maximum Gasteiger partial charge on any atom is 0.234 e. The number of anilines is 1. The minimum absolute atomic E-state index is 0.0960. The van der Waals surface area contributed by atoms with Crippen molar-refractivity contribution in [3.63, 3.8) is 0 Å². The molecule has 0 saturated carbocycles. The van der Waals surface area contributed by atoms with Crippen LogP contribution in [0, 0.1) is 0 Å². The second-order valence-corrected chi connectivity index (χ2v) is 7.77. The summed E-state index contributed by atoms with van der Waals surface area (Å²) >= 11 is 1.38. The van der Waals surface area contributed by atoms with E-state index < -0.39 is 0 Å². The van der Waals surface area contributed by atoms with Crippen LogP contribution >= 0.6 is 11.8 Å². The van der Waals surface area contributed by atoms with Crippen molar-refractivity contribution < 1.29 is 14.3 Å². The first-order valence-electron chi connectivity index (χ1n) is 10.3. The van der Waals surface area contributed by atoms with Gasteiger partial charge in [0.25, 0.3) is 0 Å². The van der Waals surface area contributed by atoms with Crippen molar-refractivity contribution in [2.75, 3.05) is 31.4 Å². The zero-order chi connectivity index (χ0) is 21.9. The van der Waals surface area contributed by atoms with Crippen molar-refractivity contribution in [1.29, 1.82) is 0 Å². The van der Waals surface area contributed by atoms with E-state index in [0.717, 1.165) is 35.3 Å². The quantitative estimate of drug-likeness (QED) is 0.431. The number of ether oxygens (including phenoxy) is 2. The maximum absolute atomic E-state index is 12.4. The molecule has 8 heteroatoms. The van der Waals surface area contributed by atoms with E-state index in [9.17, 15) is 4.79 Å². The van der Waals surface area contributed by atoms with E-state index in [0.29, 0.717) is 19.8 Å². The molecule has 1 amide bonds. The van der Waals surface area contributed by atoms with Crippen molar-refractivity contribution >= 4 is 23.4 Å². The molecule has 164 valence electrons. The Kier molecular flexibility index (Phi) is 8.93. The van der Waals surface area contributed by atoms with Crippen LogP contribution in [0.3, 0.4) is 0 Å². The second kappa shape index (κ2) is 12.1. The Morgan fingerprint density at radius 1 is 1.06 bits per heavy atom. The Bertz CT molecular complexity index is 945. The van der Waals surface area contributed by atoms with Gasteiger partial charge in [-0.25, -0.2) is 0 Å². The van der Waals surface area contributed by atoms with Gasteiger partial charge in [-0.05, 0) is 43.2 Å². The first kappa shape index (κ1) is 22.8. The number of aryl methyl sites for hydroxylation is 2. The molecule has 0 aliphatic carbocycles.